The Hall–Kier alpha value is -1.31. The Labute approximate surface area is 152 Å². The molecule has 27 heavy (non-hydrogen) atoms. The van der Waals surface area contributed by atoms with Crippen molar-refractivity contribution in [2.75, 3.05) is 0 Å². The lowest BCUT2D eigenvalue weighted by Gasteiger charge is -2.23. The second-order valence-electron chi connectivity index (χ2n) is 5.64. The lowest BCUT2D eigenvalue weighted by atomic mass is 10.1. The highest BCUT2D eigenvalue weighted by Crippen LogP contribution is 2.38. The van der Waals surface area contributed by atoms with Gasteiger partial charge in [0.05, 0.1) is 6.42 Å². The maximum absolute atomic E-state index is 12.6. The van der Waals surface area contributed by atoms with Crippen molar-refractivity contribution in [1.82, 2.24) is 0 Å². The fourth-order valence-electron chi connectivity index (χ4n) is 1.92. The van der Waals surface area contributed by atoms with Crippen LogP contribution in [0.15, 0.2) is 12.2 Å². The van der Waals surface area contributed by atoms with Crippen molar-refractivity contribution >= 4 is 25.6 Å². The van der Waals surface area contributed by atoms with Crippen LogP contribution in [0, 0.1) is 0 Å². The molecule has 0 aromatic rings. The first-order chi connectivity index (χ1) is 11.9. The van der Waals surface area contributed by atoms with Crippen LogP contribution < -0.4 is 0 Å². The van der Waals surface area contributed by atoms with Crippen LogP contribution in [-0.2, 0) is 29.2 Å². The monoisotopic (exact) mass is 448 g/mol. The van der Waals surface area contributed by atoms with Gasteiger partial charge in [-0.1, -0.05) is 19.1 Å². The molecular formula is C13H18F6O6S2. The minimum Gasteiger partial charge on any atom is -0.462 e. The quantitative estimate of drug-likeness (QED) is 0.305. The van der Waals surface area contributed by atoms with Crippen LogP contribution >= 0.6 is 0 Å². The molecule has 0 aromatic heterocycles. The smallest absolute Gasteiger partial charge is 0.462 e. The van der Waals surface area contributed by atoms with Crippen LogP contribution in [0.4, 0.5) is 26.3 Å². The Bertz CT molecular complexity index is 707. The van der Waals surface area contributed by atoms with Crippen molar-refractivity contribution in [3.8, 4) is 0 Å². The van der Waals surface area contributed by atoms with E-state index in [4.69, 9.17) is 4.74 Å². The SMILES string of the molecule is C=C(C)CC(=O)OC(CC)CCC(S(=O)(=O)C(F)(F)F)S(=O)(=O)C(F)(F)F. The predicted octanol–water partition coefficient (Wildman–Crippen LogP) is 3.25. The van der Waals surface area contributed by atoms with Crippen molar-refractivity contribution < 1.29 is 52.7 Å². The third-order valence-electron chi connectivity index (χ3n) is 3.26. The van der Waals surface area contributed by atoms with E-state index < -0.39 is 60.2 Å². The van der Waals surface area contributed by atoms with Crippen molar-refractivity contribution in [2.24, 2.45) is 0 Å². The molecule has 0 aliphatic carbocycles. The van der Waals surface area contributed by atoms with Gasteiger partial charge in [-0.3, -0.25) is 4.79 Å². The molecule has 1 unspecified atom stereocenters. The number of carbonyl (C=O) groups is 1. The van der Waals surface area contributed by atoms with Gasteiger partial charge in [0.2, 0.25) is 0 Å². The summed E-state index contributed by atoms with van der Waals surface area (Å²) in [5, 5.41) is 0. The number of sulfone groups is 2. The van der Waals surface area contributed by atoms with E-state index in [-0.39, 0.29) is 12.8 Å². The van der Waals surface area contributed by atoms with E-state index in [9.17, 15) is 48.0 Å². The van der Waals surface area contributed by atoms with E-state index in [1.54, 1.807) is 0 Å². The molecule has 0 spiro atoms. The summed E-state index contributed by atoms with van der Waals surface area (Å²) in [7, 11) is -13.4. The van der Waals surface area contributed by atoms with Crippen LogP contribution in [0.2, 0.25) is 0 Å². The zero-order chi connectivity index (χ0) is 21.8. The molecule has 0 saturated heterocycles. The Kier molecular flexibility index (Phi) is 8.37. The normalized spacial score (nSPS) is 14.9. The number of hydrogen-bond acceptors (Lipinski definition) is 6. The molecule has 6 nitrogen and oxygen atoms in total. The maximum Gasteiger partial charge on any atom is 0.498 e. The Morgan fingerprint density at radius 3 is 1.67 bits per heavy atom. The van der Waals surface area contributed by atoms with Gasteiger partial charge in [-0.05, 0) is 26.2 Å². The minimum absolute atomic E-state index is 0.0905. The van der Waals surface area contributed by atoms with Gasteiger partial charge in [-0.15, -0.1) is 0 Å². The number of hydrogen-bond donors (Lipinski definition) is 0. The van der Waals surface area contributed by atoms with E-state index in [2.05, 4.69) is 6.58 Å². The van der Waals surface area contributed by atoms with Gasteiger partial charge in [0, 0.05) is 0 Å². The molecule has 0 aliphatic rings. The zero-order valence-electron chi connectivity index (χ0n) is 14.2. The number of carbonyl (C=O) groups excluding carboxylic acids is 1. The third-order valence-corrected chi connectivity index (χ3v) is 7.93. The highest BCUT2D eigenvalue weighted by Gasteiger charge is 2.62. The maximum atomic E-state index is 12.6. The van der Waals surface area contributed by atoms with Crippen molar-refractivity contribution in [1.29, 1.82) is 0 Å². The van der Waals surface area contributed by atoms with Crippen molar-refractivity contribution in [3.63, 3.8) is 0 Å². The van der Waals surface area contributed by atoms with Crippen LogP contribution in [0.5, 0.6) is 0 Å². The van der Waals surface area contributed by atoms with Gasteiger partial charge in [-0.25, -0.2) is 16.8 Å². The Morgan fingerprint density at radius 1 is 0.963 bits per heavy atom. The summed E-state index contributed by atoms with van der Waals surface area (Å²) in [6, 6.07) is 0. The molecule has 0 aliphatic heterocycles. The minimum atomic E-state index is -6.69. The van der Waals surface area contributed by atoms with Crippen LogP contribution in [0.25, 0.3) is 0 Å². The van der Waals surface area contributed by atoms with Gasteiger partial charge < -0.3 is 4.74 Å². The Morgan fingerprint density at radius 2 is 1.37 bits per heavy atom. The fraction of sp³-hybridized carbons (Fsp3) is 0.769. The second kappa shape index (κ2) is 8.80. The topological polar surface area (TPSA) is 94.6 Å². The number of ether oxygens (including phenoxy) is 1. The molecule has 0 heterocycles. The van der Waals surface area contributed by atoms with Gasteiger partial charge in [0.25, 0.3) is 19.7 Å². The number of esters is 1. The molecule has 0 bridgehead atoms. The first-order valence-corrected chi connectivity index (χ1v) is 10.4. The molecule has 0 saturated carbocycles. The van der Waals surface area contributed by atoms with Crippen LogP contribution in [0.3, 0.4) is 0 Å². The van der Waals surface area contributed by atoms with Crippen LogP contribution in [0.1, 0.15) is 39.5 Å². The van der Waals surface area contributed by atoms with Gasteiger partial charge in [-0.2, -0.15) is 26.3 Å². The second-order valence-corrected chi connectivity index (χ2v) is 10.2. The first kappa shape index (κ1) is 25.7. The third kappa shape index (κ3) is 6.66. The van der Waals surface area contributed by atoms with Gasteiger partial charge >= 0.3 is 17.0 Å². The molecule has 14 heteroatoms. The fourth-order valence-corrected chi connectivity index (χ4v) is 5.40. The molecule has 0 N–H and O–H groups in total. The lowest BCUT2D eigenvalue weighted by molar-refractivity contribution is -0.148. The largest absolute Gasteiger partial charge is 0.498 e. The summed E-state index contributed by atoms with van der Waals surface area (Å²) in [6.07, 6.45) is -4.03. The van der Waals surface area contributed by atoms with E-state index in [1.807, 2.05) is 0 Å². The van der Waals surface area contributed by atoms with E-state index in [0.29, 0.717) is 5.57 Å². The van der Waals surface area contributed by atoms with E-state index >= 15 is 0 Å². The van der Waals surface area contributed by atoms with Crippen molar-refractivity contribution in [2.45, 2.75) is 61.2 Å². The first-order valence-electron chi connectivity index (χ1n) is 7.32. The summed E-state index contributed by atoms with van der Waals surface area (Å²) in [6.45, 7) is 6.24. The standard InChI is InChI=1S/C13H18F6O6S2/c1-4-9(25-10(20)7-8(2)3)5-6-11(26(21,22)12(14,15)16)27(23,24)13(17,18)19/h9,11H,2,4-7H2,1,3H3. The molecule has 1 atom stereocenters. The molecule has 0 amide bonds. The molecule has 0 fully saturated rings. The Balaban J connectivity index is 5.70. The summed E-state index contributed by atoms with van der Waals surface area (Å²) in [5.74, 6) is -0.886. The molecule has 0 aromatic carbocycles. The highest BCUT2D eigenvalue weighted by atomic mass is 32.3. The van der Waals surface area contributed by atoms with Gasteiger partial charge in [0.1, 0.15) is 6.10 Å². The average Bonchev–Trinajstić information content (AvgIpc) is 2.42. The lowest BCUT2D eigenvalue weighted by Crippen LogP contribution is -2.45. The summed E-state index contributed by atoms with van der Waals surface area (Å²) < 4.78 is 122. The number of halogens is 6. The van der Waals surface area contributed by atoms with Crippen LogP contribution in [-0.4, -0.2) is 44.5 Å². The molecular weight excluding hydrogens is 430 g/mol. The average molecular weight is 448 g/mol. The van der Waals surface area contributed by atoms with E-state index in [1.165, 1.54) is 13.8 Å². The summed E-state index contributed by atoms with van der Waals surface area (Å²) in [5.41, 5.74) is -12.1. The summed E-state index contributed by atoms with van der Waals surface area (Å²) >= 11 is 0. The molecule has 0 rings (SSSR count). The highest BCUT2D eigenvalue weighted by molar-refractivity contribution is 8.09. The van der Waals surface area contributed by atoms with E-state index in [0.717, 1.165) is 0 Å². The number of alkyl halides is 6. The number of rotatable bonds is 9. The molecule has 160 valence electrons. The summed E-state index contributed by atoms with van der Waals surface area (Å²) in [4.78, 5) is 11.5. The molecule has 0 radical (unpaired) electrons. The zero-order valence-corrected chi connectivity index (χ0v) is 15.9. The van der Waals surface area contributed by atoms with Gasteiger partial charge in [0.15, 0.2) is 4.58 Å². The predicted molar refractivity (Wildman–Crippen MR) is 82.6 cm³/mol. The van der Waals surface area contributed by atoms with Crippen molar-refractivity contribution in [3.05, 3.63) is 12.2 Å².